The molecule has 0 saturated heterocycles. The summed E-state index contributed by atoms with van der Waals surface area (Å²) in [5, 5.41) is 3.58. The first kappa shape index (κ1) is 15.6. The lowest BCUT2D eigenvalue weighted by atomic mass is 9.89. The van der Waals surface area contributed by atoms with Crippen LogP contribution in [0.25, 0.3) is 38.6 Å². The van der Waals surface area contributed by atoms with Crippen molar-refractivity contribution in [3.8, 4) is 11.3 Å². The second kappa shape index (κ2) is 7.20. The molecule has 0 unspecified atom stereocenters. The van der Waals surface area contributed by atoms with E-state index >= 15 is 0 Å². The quantitative estimate of drug-likeness (QED) is 0.209. The van der Waals surface area contributed by atoms with Gasteiger partial charge in [0.15, 0.2) is 5.69 Å². The van der Waals surface area contributed by atoms with Gasteiger partial charge in [-0.25, -0.2) is 4.57 Å². The number of nitrogens with zero attached hydrogens (tertiary/aromatic N) is 2. The molecule has 3 aromatic carbocycles. The number of hydrogen-bond donors (Lipinski definition) is 0. The van der Waals surface area contributed by atoms with Crippen LogP contribution in [0.4, 0.5) is 0 Å². The van der Waals surface area contributed by atoms with Gasteiger partial charge in [0.1, 0.15) is 18.3 Å². The molecule has 1 aliphatic heterocycles. The van der Waals surface area contributed by atoms with Crippen molar-refractivity contribution < 1.29 is 10.1 Å². The van der Waals surface area contributed by atoms with E-state index in [2.05, 4.69) is 51.6 Å². The van der Waals surface area contributed by atoms with Crippen LogP contribution in [0.15, 0.2) is 66.9 Å². The van der Waals surface area contributed by atoms with Crippen molar-refractivity contribution in [2.45, 2.75) is 47.0 Å². The summed E-state index contributed by atoms with van der Waals surface area (Å²) in [5.41, 5.74) is 6.02. The molecule has 0 fully saturated rings. The number of hydrogen-bond acceptors (Lipinski definition) is 0. The van der Waals surface area contributed by atoms with Gasteiger partial charge in [0.05, 0.1) is 5.39 Å². The van der Waals surface area contributed by atoms with Crippen molar-refractivity contribution in [3.05, 3.63) is 83.6 Å². The molecule has 0 amide bonds. The van der Waals surface area contributed by atoms with Gasteiger partial charge in [-0.2, -0.15) is 4.40 Å². The Balaban J connectivity index is 1.84. The average molecular weight is 424 g/mol. The molecule has 2 aromatic heterocycles. The molecule has 0 N–H and O–H groups in total. The Morgan fingerprint density at radius 2 is 1.50 bits per heavy atom. The zero-order valence-corrected chi connectivity index (χ0v) is 19.1. The lowest BCUT2D eigenvalue weighted by Crippen LogP contribution is -2.28. The van der Waals surface area contributed by atoms with E-state index in [1.54, 1.807) is 0 Å². The first-order chi connectivity index (χ1) is 17.0. The number of para-hydroxylation sites is 1. The van der Waals surface area contributed by atoms with Gasteiger partial charge in [0.25, 0.3) is 5.65 Å². The monoisotopic (exact) mass is 423 g/mol. The highest BCUT2D eigenvalue weighted by atomic mass is 15.1. The van der Waals surface area contributed by atoms with Crippen molar-refractivity contribution in [1.82, 2.24) is 4.40 Å². The van der Waals surface area contributed by atoms with Gasteiger partial charge in [-0.3, -0.25) is 0 Å². The Kier molecular flexibility index (Phi) is 3.52. The van der Waals surface area contributed by atoms with Gasteiger partial charge >= 0.3 is 0 Å². The second-order valence-corrected chi connectivity index (χ2v) is 9.48. The van der Waals surface area contributed by atoms with Gasteiger partial charge < -0.3 is 0 Å². The van der Waals surface area contributed by atoms with Crippen molar-refractivity contribution in [2.24, 2.45) is 11.8 Å². The molecule has 32 heavy (non-hydrogen) atoms. The van der Waals surface area contributed by atoms with Crippen molar-refractivity contribution in [1.29, 1.82) is 0 Å². The van der Waals surface area contributed by atoms with E-state index in [0.29, 0.717) is 16.7 Å². The predicted molar refractivity (Wildman–Crippen MR) is 134 cm³/mol. The second-order valence-electron chi connectivity index (χ2n) is 9.48. The maximum Gasteiger partial charge on any atom is 0.295 e. The first-order valence-corrected chi connectivity index (χ1v) is 11.6. The fourth-order valence-corrected chi connectivity index (χ4v) is 5.30. The summed E-state index contributed by atoms with van der Waals surface area (Å²) < 4.78 is 40.8. The molecule has 1 aliphatic rings. The number of rotatable bonds is 5. The largest absolute Gasteiger partial charge is 0.295 e. The van der Waals surface area contributed by atoms with Crippen LogP contribution in [0, 0.1) is 11.8 Å². The standard InChI is InChI=1S/C30H31N2/c1-19(2)15-21-9-7-10-22(16-20(3)4)28(21)27-18-31-17-23-11-8-13-25-24-12-5-6-14-26(24)32(27)30(31)29(23)25/h5-14,18-20H,15-17H2,1-4H3/q+1/i15D2,16D2. The van der Waals surface area contributed by atoms with Crippen LogP contribution in [0.2, 0.25) is 0 Å². The van der Waals surface area contributed by atoms with E-state index in [9.17, 15) is 0 Å². The molecule has 160 valence electrons. The number of fused-ring (bicyclic) bond motifs is 3. The SMILES string of the molecule is [2H]C([2H])(c1cccc(C([2H])([2H])C(C)C)c1-c1c[n+]2c3c4c(cccc4c4ccccc4n13)C2)C(C)C. The van der Waals surface area contributed by atoms with Crippen molar-refractivity contribution in [3.63, 3.8) is 0 Å². The highest BCUT2D eigenvalue weighted by Gasteiger charge is 2.32. The maximum atomic E-state index is 9.07. The molecule has 3 heterocycles. The number of aromatic nitrogens is 2. The van der Waals surface area contributed by atoms with Gasteiger partial charge in [-0.05, 0) is 41.8 Å². The molecule has 0 saturated carbocycles. The third-order valence-electron chi connectivity index (χ3n) is 6.36. The van der Waals surface area contributed by atoms with E-state index in [-0.39, 0.29) is 11.8 Å². The highest BCUT2D eigenvalue weighted by molar-refractivity contribution is 6.13. The normalized spacial score (nSPS) is 15.8. The summed E-state index contributed by atoms with van der Waals surface area (Å²) in [6.45, 7) is 8.31. The number of benzene rings is 3. The van der Waals surface area contributed by atoms with Crippen molar-refractivity contribution >= 4 is 27.3 Å². The topological polar surface area (TPSA) is 8.29 Å². The fourth-order valence-electron chi connectivity index (χ4n) is 5.30. The fraction of sp³-hybridized carbons (Fsp3) is 0.300. The minimum absolute atomic E-state index is 0.271. The van der Waals surface area contributed by atoms with Crippen LogP contribution in [-0.4, -0.2) is 4.40 Å². The van der Waals surface area contributed by atoms with E-state index < -0.39 is 12.7 Å². The molecular weight excluding hydrogens is 388 g/mol. The third-order valence-corrected chi connectivity index (χ3v) is 6.36. The van der Waals surface area contributed by atoms with Crippen LogP contribution in [0.3, 0.4) is 0 Å². The third kappa shape index (κ3) is 2.82. The molecule has 0 atom stereocenters. The Labute approximate surface area is 195 Å². The zero-order chi connectivity index (χ0) is 25.6. The summed E-state index contributed by atoms with van der Waals surface area (Å²) in [5.74, 6) is -0.543. The van der Waals surface area contributed by atoms with Gasteiger partial charge in [-0.1, -0.05) is 82.3 Å². The minimum atomic E-state index is -1.63. The van der Waals surface area contributed by atoms with Crippen molar-refractivity contribution in [2.75, 3.05) is 0 Å². The van der Waals surface area contributed by atoms with E-state index in [1.807, 2.05) is 52.0 Å². The number of pyridine rings is 1. The lowest BCUT2D eigenvalue weighted by Gasteiger charge is -2.16. The molecule has 0 bridgehead atoms. The Morgan fingerprint density at radius 3 is 2.22 bits per heavy atom. The molecule has 6 rings (SSSR count). The van der Waals surface area contributed by atoms with E-state index in [0.717, 1.165) is 28.8 Å². The Hall–Kier alpha value is -3.13. The van der Waals surface area contributed by atoms with Crippen LogP contribution < -0.4 is 4.57 Å². The van der Waals surface area contributed by atoms with Crippen LogP contribution in [0.1, 0.15) is 49.9 Å². The molecule has 2 heteroatoms. The van der Waals surface area contributed by atoms with Crippen LogP contribution in [0.5, 0.6) is 0 Å². The first-order valence-electron chi connectivity index (χ1n) is 13.6. The van der Waals surface area contributed by atoms with Crippen LogP contribution >= 0.6 is 0 Å². The van der Waals surface area contributed by atoms with Gasteiger partial charge in [0.2, 0.25) is 0 Å². The van der Waals surface area contributed by atoms with E-state index in [1.165, 1.54) is 16.3 Å². The lowest BCUT2D eigenvalue weighted by molar-refractivity contribution is -0.657. The summed E-state index contributed by atoms with van der Waals surface area (Å²) in [6, 6.07) is 20.3. The molecular formula is C30H31N2+. The summed E-state index contributed by atoms with van der Waals surface area (Å²) in [4.78, 5) is 0. The Morgan fingerprint density at radius 1 is 0.844 bits per heavy atom. The number of imidazole rings is 1. The van der Waals surface area contributed by atoms with Gasteiger partial charge in [0, 0.05) is 27.4 Å². The van der Waals surface area contributed by atoms with E-state index in [4.69, 9.17) is 5.48 Å². The zero-order valence-electron chi connectivity index (χ0n) is 23.1. The van der Waals surface area contributed by atoms with Gasteiger partial charge in [-0.15, -0.1) is 0 Å². The summed E-state index contributed by atoms with van der Waals surface area (Å²) in [7, 11) is 0. The molecule has 0 radical (unpaired) electrons. The molecule has 0 spiro atoms. The molecule has 0 aliphatic carbocycles. The minimum Gasteiger partial charge on any atom is -0.225 e. The smallest absolute Gasteiger partial charge is 0.225 e. The molecule has 2 nitrogen and oxygen atoms in total. The predicted octanol–water partition coefficient (Wildman–Crippen LogP) is 6.96. The van der Waals surface area contributed by atoms with Crippen LogP contribution in [-0.2, 0) is 19.3 Å². The maximum absolute atomic E-state index is 9.07. The molecule has 5 aromatic rings. The average Bonchev–Trinajstić information content (AvgIpc) is 3.40. The highest BCUT2D eigenvalue weighted by Crippen LogP contribution is 2.39. The summed E-state index contributed by atoms with van der Waals surface area (Å²) >= 11 is 0. The Bertz CT molecular complexity index is 1640. The summed E-state index contributed by atoms with van der Waals surface area (Å²) in [6.07, 6.45) is -1.15.